The van der Waals surface area contributed by atoms with Crippen LogP contribution < -0.4 is 15.0 Å². The van der Waals surface area contributed by atoms with Crippen LogP contribution in [0.25, 0.3) is 28.0 Å². The molecule has 27 heavy (non-hydrogen) atoms. The Morgan fingerprint density at radius 2 is 1.85 bits per heavy atom. The number of aromatic nitrogens is 3. The molecule has 1 N–H and O–H groups in total. The molecule has 6 nitrogen and oxygen atoms in total. The Balaban J connectivity index is 1.68. The highest BCUT2D eigenvalue weighted by atomic mass is 35.5. The van der Waals surface area contributed by atoms with Crippen LogP contribution in [0.4, 0.5) is 0 Å². The molecular weight excluding hydrogens is 366 g/mol. The lowest BCUT2D eigenvalue weighted by Gasteiger charge is -2.18. The highest BCUT2D eigenvalue weighted by molar-refractivity contribution is 6.30. The maximum Gasteiger partial charge on any atom is 0.273 e. The second-order valence-electron chi connectivity index (χ2n) is 6.19. The summed E-state index contributed by atoms with van der Waals surface area (Å²) in [5, 5.41) is 3.58. The lowest BCUT2D eigenvalue weighted by molar-refractivity contribution is 0.171. The molecule has 7 heteroatoms. The summed E-state index contributed by atoms with van der Waals surface area (Å²) in [4.78, 5) is 17.3. The number of hydrogen-bond donors (Lipinski definition) is 1. The molecule has 1 aliphatic heterocycles. The van der Waals surface area contributed by atoms with Gasteiger partial charge < -0.3 is 9.47 Å². The number of rotatable bonds is 2. The Hall–Kier alpha value is -3.25. The van der Waals surface area contributed by atoms with Gasteiger partial charge in [0.05, 0.1) is 5.69 Å². The average Bonchev–Trinajstić information content (AvgIpc) is 3.12. The fourth-order valence-corrected chi connectivity index (χ4v) is 3.39. The van der Waals surface area contributed by atoms with Gasteiger partial charge in [0.15, 0.2) is 17.1 Å². The molecule has 0 fully saturated rings. The van der Waals surface area contributed by atoms with Crippen LogP contribution in [0.2, 0.25) is 5.02 Å². The van der Waals surface area contributed by atoms with E-state index in [0.29, 0.717) is 41.1 Å². The van der Waals surface area contributed by atoms with E-state index in [4.69, 9.17) is 26.1 Å². The topological polar surface area (TPSA) is 68.6 Å². The van der Waals surface area contributed by atoms with Crippen molar-refractivity contribution in [2.45, 2.75) is 0 Å². The van der Waals surface area contributed by atoms with E-state index in [9.17, 15) is 4.79 Å². The Labute approximate surface area is 158 Å². The van der Waals surface area contributed by atoms with Crippen molar-refractivity contribution in [3.63, 3.8) is 0 Å². The zero-order valence-electron chi connectivity index (χ0n) is 14.1. The third-order valence-electron chi connectivity index (χ3n) is 4.47. The minimum atomic E-state index is -0.196. The number of fused-ring (bicyclic) bond motifs is 2. The first kappa shape index (κ1) is 16.0. The molecule has 0 saturated heterocycles. The normalized spacial score (nSPS) is 13.1. The van der Waals surface area contributed by atoms with E-state index in [2.05, 4.69) is 5.10 Å². The Morgan fingerprint density at radius 3 is 2.70 bits per heavy atom. The van der Waals surface area contributed by atoms with Crippen LogP contribution >= 0.6 is 11.6 Å². The third kappa shape index (κ3) is 2.74. The van der Waals surface area contributed by atoms with Gasteiger partial charge in [0.25, 0.3) is 5.56 Å². The maximum absolute atomic E-state index is 12.6. The lowest BCUT2D eigenvalue weighted by Crippen LogP contribution is -2.16. The number of halogens is 1. The van der Waals surface area contributed by atoms with Gasteiger partial charge in [0.2, 0.25) is 0 Å². The summed E-state index contributed by atoms with van der Waals surface area (Å²) >= 11 is 6.11. The number of nitrogens with zero attached hydrogens (tertiary/aromatic N) is 2. The van der Waals surface area contributed by atoms with Gasteiger partial charge in [0.1, 0.15) is 13.2 Å². The molecule has 1 aliphatic rings. The van der Waals surface area contributed by atoms with Crippen LogP contribution in [0, 0.1) is 0 Å². The molecule has 5 rings (SSSR count). The number of H-pyrrole nitrogens is 1. The minimum absolute atomic E-state index is 0.196. The molecule has 0 unspecified atom stereocenters. The number of benzene rings is 2. The van der Waals surface area contributed by atoms with Crippen molar-refractivity contribution in [3.8, 4) is 33.9 Å². The molecule has 0 atom stereocenters. The van der Waals surface area contributed by atoms with Gasteiger partial charge in [-0.15, -0.1) is 0 Å². The molecule has 134 valence electrons. The molecule has 3 heterocycles. The third-order valence-corrected chi connectivity index (χ3v) is 4.71. The summed E-state index contributed by atoms with van der Waals surface area (Å²) in [7, 11) is 0. The summed E-state index contributed by atoms with van der Waals surface area (Å²) in [6, 6.07) is 14.5. The number of hydrogen-bond acceptors (Lipinski definition) is 4. The molecule has 0 spiro atoms. The van der Waals surface area contributed by atoms with E-state index in [0.717, 1.165) is 16.7 Å². The van der Waals surface area contributed by atoms with Gasteiger partial charge >= 0.3 is 0 Å². The van der Waals surface area contributed by atoms with Gasteiger partial charge in [-0.05, 0) is 35.9 Å². The molecule has 2 aromatic carbocycles. The van der Waals surface area contributed by atoms with Crippen molar-refractivity contribution in [2.75, 3.05) is 13.2 Å². The minimum Gasteiger partial charge on any atom is -0.486 e. The van der Waals surface area contributed by atoms with E-state index in [1.54, 1.807) is 12.3 Å². The van der Waals surface area contributed by atoms with Gasteiger partial charge in [0, 0.05) is 28.4 Å². The highest BCUT2D eigenvalue weighted by Gasteiger charge is 2.16. The molecule has 0 aliphatic carbocycles. The summed E-state index contributed by atoms with van der Waals surface area (Å²) < 4.78 is 12.6. The Morgan fingerprint density at radius 1 is 1.00 bits per heavy atom. The number of nitrogens with one attached hydrogen (secondary N) is 1. The van der Waals surface area contributed by atoms with E-state index in [1.807, 2.05) is 36.4 Å². The molecule has 0 amide bonds. The van der Waals surface area contributed by atoms with E-state index >= 15 is 0 Å². The predicted octanol–water partition coefficient (Wildman–Crippen LogP) is 3.78. The second-order valence-corrected chi connectivity index (χ2v) is 6.63. The molecule has 0 radical (unpaired) electrons. The smallest absolute Gasteiger partial charge is 0.273 e. The molecule has 2 aromatic heterocycles. The molecule has 0 saturated carbocycles. The second kappa shape index (κ2) is 6.17. The fourth-order valence-electron chi connectivity index (χ4n) is 3.20. The van der Waals surface area contributed by atoms with Crippen LogP contribution in [0.3, 0.4) is 0 Å². The van der Waals surface area contributed by atoms with Crippen LogP contribution in [-0.4, -0.2) is 27.8 Å². The van der Waals surface area contributed by atoms with Gasteiger partial charge in [-0.1, -0.05) is 23.7 Å². The van der Waals surface area contributed by atoms with Gasteiger partial charge in [-0.3, -0.25) is 9.89 Å². The SMILES string of the molecule is O=c1cc(-c2ccc3c(c2)OCCO3)nc2c(-c3cccc(Cl)c3)c[nH]n12. The first-order valence-electron chi connectivity index (χ1n) is 8.46. The van der Waals surface area contributed by atoms with Crippen LogP contribution in [0.5, 0.6) is 11.5 Å². The molecular formula is C20H14ClN3O3. The van der Waals surface area contributed by atoms with Gasteiger partial charge in [-0.2, -0.15) is 0 Å². The zero-order chi connectivity index (χ0) is 18.4. The maximum atomic E-state index is 12.6. The monoisotopic (exact) mass is 379 g/mol. The van der Waals surface area contributed by atoms with Crippen LogP contribution in [0.1, 0.15) is 0 Å². The number of ether oxygens (including phenoxy) is 2. The van der Waals surface area contributed by atoms with Crippen molar-refractivity contribution in [3.05, 3.63) is 70.1 Å². The van der Waals surface area contributed by atoms with Crippen LogP contribution in [0.15, 0.2) is 59.5 Å². The first-order valence-corrected chi connectivity index (χ1v) is 8.84. The Bertz CT molecular complexity index is 1230. The predicted molar refractivity (Wildman–Crippen MR) is 103 cm³/mol. The largest absolute Gasteiger partial charge is 0.486 e. The Kier molecular flexibility index (Phi) is 3.65. The quantitative estimate of drug-likeness (QED) is 0.575. The van der Waals surface area contributed by atoms with Crippen molar-refractivity contribution in [1.29, 1.82) is 0 Å². The number of aromatic amines is 1. The molecule has 4 aromatic rings. The summed E-state index contributed by atoms with van der Waals surface area (Å²) in [6.07, 6.45) is 1.75. The summed E-state index contributed by atoms with van der Waals surface area (Å²) in [6.45, 7) is 1.03. The van der Waals surface area contributed by atoms with Crippen molar-refractivity contribution in [2.24, 2.45) is 0 Å². The van der Waals surface area contributed by atoms with E-state index in [-0.39, 0.29) is 5.56 Å². The van der Waals surface area contributed by atoms with E-state index < -0.39 is 0 Å². The highest BCUT2D eigenvalue weighted by Crippen LogP contribution is 2.34. The molecule has 0 bridgehead atoms. The zero-order valence-corrected chi connectivity index (χ0v) is 14.9. The standard InChI is InChI=1S/C20H14ClN3O3/c21-14-3-1-2-12(8-14)15-11-22-24-19(25)10-16(23-20(15)24)13-4-5-17-18(9-13)27-7-6-26-17/h1-5,8-11,22H,6-7H2. The summed E-state index contributed by atoms with van der Waals surface area (Å²) in [5.74, 6) is 1.36. The average molecular weight is 380 g/mol. The lowest BCUT2D eigenvalue weighted by atomic mass is 10.1. The van der Waals surface area contributed by atoms with E-state index in [1.165, 1.54) is 10.6 Å². The van der Waals surface area contributed by atoms with Crippen molar-refractivity contribution >= 4 is 17.2 Å². The van der Waals surface area contributed by atoms with Gasteiger partial charge in [-0.25, -0.2) is 9.50 Å². The van der Waals surface area contributed by atoms with Crippen molar-refractivity contribution < 1.29 is 9.47 Å². The first-order chi connectivity index (χ1) is 13.2. The van der Waals surface area contributed by atoms with Crippen LogP contribution in [-0.2, 0) is 0 Å². The summed E-state index contributed by atoms with van der Waals surface area (Å²) in [5.41, 5.74) is 3.38. The fraction of sp³-hybridized carbons (Fsp3) is 0.100. The van der Waals surface area contributed by atoms with Crippen molar-refractivity contribution in [1.82, 2.24) is 14.6 Å².